The van der Waals surface area contributed by atoms with Gasteiger partial charge in [0, 0.05) is 38.8 Å². The van der Waals surface area contributed by atoms with Gasteiger partial charge in [0.2, 0.25) is 5.76 Å². The van der Waals surface area contributed by atoms with Crippen molar-refractivity contribution >= 4 is 5.91 Å². The summed E-state index contributed by atoms with van der Waals surface area (Å²) in [6.45, 7) is 7.74. The Morgan fingerprint density at radius 3 is 2.57 bits per heavy atom. The molecule has 6 nitrogen and oxygen atoms in total. The second-order valence-corrected chi connectivity index (χ2v) is 7.31. The first kappa shape index (κ1) is 16.5. The molecule has 2 aliphatic rings. The van der Waals surface area contributed by atoms with Crippen LogP contribution < -0.4 is 0 Å². The number of aliphatic hydroxyl groups is 1. The van der Waals surface area contributed by atoms with Gasteiger partial charge in [-0.1, -0.05) is 12.1 Å². The maximum Gasteiger partial charge on any atom is 0.292 e. The number of carbonyl (C=O) groups is 1. The summed E-state index contributed by atoms with van der Waals surface area (Å²) in [5.41, 5.74) is 0.182. The van der Waals surface area contributed by atoms with E-state index in [-0.39, 0.29) is 5.91 Å². The molecule has 6 heteroatoms. The topological polar surface area (TPSA) is 69.8 Å². The molecule has 0 atom stereocenters. The fourth-order valence-electron chi connectivity index (χ4n) is 3.60. The fourth-order valence-corrected chi connectivity index (χ4v) is 3.60. The molecule has 3 rings (SSSR count). The number of β-amino-alcohol motifs (C(OH)–C–C–N with tert-alkyl or cyclic N) is 1. The average Bonchev–Trinajstić information content (AvgIpc) is 2.97. The van der Waals surface area contributed by atoms with Crippen molar-refractivity contribution in [3.05, 3.63) is 17.5 Å². The molecule has 23 heavy (non-hydrogen) atoms. The van der Waals surface area contributed by atoms with Gasteiger partial charge in [-0.25, -0.2) is 0 Å². The molecule has 1 saturated carbocycles. The van der Waals surface area contributed by atoms with Crippen molar-refractivity contribution in [2.75, 3.05) is 32.7 Å². The first-order valence-electron chi connectivity index (χ1n) is 8.62. The number of rotatable bonds is 3. The molecule has 1 aromatic rings. The molecule has 0 radical (unpaired) electrons. The Kier molecular flexibility index (Phi) is 4.73. The van der Waals surface area contributed by atoms with Gasteiger partial charge < -0.3 is 14.5 Å². The maximum absolute atomic E-state index is 12.3. The quantitative estimate of drug-likeness (QED) is 0.917. The van der Waals surface area contributed by atoms with E-state index >= 15 is 0 Å². The lowest BCUT2D eigenvalue weighted by molar-refractivity contribution is -0.0419. The van der Waals surface area contributed by atoms with E-state index in [0.29, 0.717) is 18.8 Å². The van der Waals surface area contributed by atoms with Gasteiger partial charge in [0.15, 0.2) is 0 Å². The molecule has 128 valence electrons. The minimum Gasteiger partial charge on any atom is -0.389 e. The number of carbonyl (C=O) groups excluding carboxylic acids is 1. The van der Waals surface area contributed by atoms with E-state index in [1.807, 2.05) is 11.8 Å². The number of nitrogens with zero attached hydrogens (tertiary/aromatic N) is 3. The van der Waals surface area contributed by atoms with Crippen LogP contribution in [-0.4, -0.2) is 64.3 Å². The third-order valence-corrected chi connectivity index (χ3v) is 5.22. The molecule has 0 spiro atoms. The number of aryl methyl sites for hydroxylation is 1. The van der Waals surface area contributed by atoms with Crippen LogP contribution in [0, 0.1) is 12.8 Å². The van der Waals surface area contributed by atoms with E-state index in [4.69, 9.17) is 4.52 Å². The van der Waals surface area contributed by atoms with Crippen molar-refractivity contribution in [1.29, 1.82) is 0 Å². The Labute approximate surface area is 137 Å². The van der Waals surface area contributed by atoms with Crippen molar-refractivity contribution in [1.82, 2.24) is 15.0 Å². The lowest BCUT2D eigenvalue weighted by atomic mass is 9.79. The molecule has 0 aromatic carbocycles. The number of hydrogen-bond acceptors (Lipinski definition) is 5. The summed E-state index contributed by atoms with van der Waals surface area (Å²) in [6, 6.07) is 1.68. The van der Waals surface area contributed by atoms with Crippen LogP contribution in [0.4, 0.5) is 0 Å². The number of amides is 1. The van der Waals surface area contributed by atoms with Crippen LogP contribution >= 0.6 is 0 Å². The van der Waals surface area contributed by atoms with Crippen LogP contribution in [0.25, 0.3) is 0 Å². The van der Waals surface area contributed by atoms with Crippen molar-refractivity contribution in [3.8, 4) is 0 Å². The summed E-state index contributed by atoms with van der Waals surface area (Å²) in [7, 11) is 0. The Morgan fingerprint density at radius 2 is 2.00 bits per heavy atom. The Hall–Kier alpha value is -1.40. The summed E-state index contributed by atoms with van der Waals surface area (Å²) in [5, 5.41) is 14.5. The third-order valence-electron chi connectivity index (χ3n) is 5.22. The highest BCUT2D eigenvalue weighted by atomic mass is 16.5. The number of hydrogen-bond donors (Lipinski definition) is 1. The van der Waals surface area contributed by atoms with Crippen molar-refractivity contribution in [2.24, 2.45) is 5.92 Å². The summed E-state index contributed by atoms with van der Waals surface area (Å²) in [6.07, 6.45) is 4.01. The Bertz CT molecular complexity index is 541. The number of aromatic nitrogens is 1. The second-order valence-electron chi connectivity index (χ2n) is 7.31. The van der Waals surface area contributed by atoms with Gasteiger partial charge in [-0.05, 0) is 38.5 Å². The minimum absolute atomic E-state index is 0.0875. The van der Waals surface area contributed by atoms with Crippen molar-refractivity contribution in [3.63, 3.8) is 0 Å². The van der Waals surface area contributed by atoms with E-state index in [2.05, 4.69) is 17.0 Å². The zero-order chi connectivity index (χ0) is 16.4. The minimum atomic E-state index is -0.541. The molecule has 1 aliphatic heterocycles. The second kappa shape index (κ2) is 6.61. The van der Waals surface area contributed by atoms with Gasteiger partial charge in [0.1, 0.15) is 0 Å². The number of piperazine rings is 1. The molecule has 1 amide bonds. The Balaban J connectivity index is 1.49. The monoisotopic (exact) mass is 321 g/mol. The molecule has 1 saturated heterocycles. The van der Waals surface area contributed by atoms with Gasteiger partial charge in [-0.3, -0.25) is 9.69 Å². The third kappa shape index (κ3) is 3.93. The lowest BCUT2D eigenvalue weighted by Crippen LogP contribution is -2.53. The van der Waals surface area contributed by atoms with Gasteiger partial charge in [-0.2, -0.15) is 0 Å². The average molecular weight is 321 g/mol. The van der Waals surface area contributed by atoms with Crippen LogP contribution in [0.2, 0.25) is 0 Å². The fraction of sp³-hybridized carbons (Fsp3) is 0.765. The largest absolute Gasteiger partial charge is 0.389 e. The predicted octanol–water partition coefficient (Wildman–Crippen LogP) is 1.68. The van der Waals surface area contributed by atoms with Gasteiger partial charge in [0.25, 0.3) is 5.91 Å². The van der Waals surface area contributed by atoms with Crippen LogP contribution in [0.15, 0.2) is 10.6 Å². The zero-order valence-corrected chi connectivity index (χ0v) is 14.1. The van der Waals surface area contributed by atoms with Gasteiger partial charge in [0.05, 0.1) is 11.3 Å². The molecule has 2 heterocycles. The van der Waals surface area contributed by atoms with E-state index in [0.717, 1.165) is 56.9 Å². The molecule has 1 N–H and O–H groups in total. The molecule has 1 aromatic heterocycles. The van der Waals surface area contributed by atoms with Crippen LogP contribution in [-0.2, 0) is 0 Å². The summed E-state index contributed by atoms with van der Waals surface area (Å²) >= 11 is 0. The molecule has 0 unspecified atom stereocenters. The lowest BCUT2D eigenvalue weighted by Gasteiger charge is -2.41. The van der Waals surface area contributed by atoms with Crippen molar-refractivity contribution in [2.45, 2.75) is 45.1 Å². The van der Waals surface area contributed by atoms with Crippen LogP contribution in [0.3, 0.4) is 0 Å². The van der Waals surface area contributed by atoms with E-state index in [9.17, 15) is 9.90 Å². The van der Waals surface area contributed by atoms with E-state index in [1.54, 1.807) is 6.07 Å². The van der Waals surface area contributed by atoms with Crippen LogP contribution in [0.5, 0.6) is 0 Å². The van der Waals surface area contributed by atoms with Gasteiger partial charge >= 0.3 is 0 Å². The first-order chi connectivity index (χ1) is 11.0. The highest BCUT2D eigenvalue weighted by Crippen LogP contribution is 2.32. The highest BCUT2D eigenvalue weighted by Gasteiger charge is 2.35. The smallest absolute Gasteiger partial charge is 0.292 e. The molecule has 0 bridgehead atoms. The summed E-state index contributed by atoms with van der Waals surface area (Å²) in [4.78, 5) is 16.4. The van der Waals surface area contributed by atoms with Crippen molar-refractivity contribution < 1.29 is 14.4 Å². The highest BCUT2D eigenvalue weighted by molar-refractivity contribution is 5.91. The van der Waals surface area contributed by atoms with Gasteiger partial charge in [-0.15, -0.1) is 0 Å². The molecule has 1 aliphatic carbocycles. The first-order valence-corrected chi connectivity index (χ1v) is 8.62. The SMILES string of the molecule is Cc1cc(C(=O)N2CCN(CC3(O)CCC(C)CC3)CC2)on1. The zero-order valence-electron chi connectivity index (χ0n) is 14.1. The molecular formula is C17H27N3O3. The molecule has 2 fully saturated rings. The predicted molar refractivity (Wildman–Crippen MR) is 86.2 cm³/mol. The summed E-state index contributed by atoms with van der Waals surface area (Å²) in [5.74, 6) is 0.960. The maximum atomic E-state index is 12.3. The Morgan fingerprint density at radius 1 is 1.35 bits per heavy atom. The summed E-state index contributed by atoms with van der Waals surface area (Å²) < 4.78 is 5.06. The van der Waals surface area contributed by atoms with E-state index < -0.39 is 5.60 Å². The standard InChI is InChI=1S/C17H27N3O3/c1-13-3-5-17(22,6-4-13)12-19-7-9-20(10-8-19)16(21)15-11-14(2)18-23-15/h11,13,22H,3-10,12H2,1-2H3. The molecular weight excluding hydrogens is 294 g/mol. The van der Waals surface area contributed by atoms with E-state index in [1.165, 1.54) is 0 Å². The normalized spacial score (nSPS) is 29.7. The van der Waals surface area contributed by atoms with Crippen LogP contribution in [0.1, 0.15) is 48.9 Å².